The SMILES string of the molecule is CC/C=C\C/C=C\C/C=C\C/C=C\CCCCCCCCCCCCCCCCCCC(=O)OCC(COC(=O)CCCCCCC/C=C\CCC)OC(=O)CCCCCCCCCCCCC/C=C\CCCCCCCCCC. The summed E-state index contributed by atoms with van der Waals surface area (Å²) in [5.41, 5.74) is 0. The average Bonchev–Trinajstić information content (AvgIpc) is 3.46. The predicted molar refractivity (Wildman–Crippen MR) is 348 cm³/mol. The van der Waals surface area contributed by atoms with E-state index in [4.69, 9.17) is 14.2 Å². The summed E-state index contributed by atoms with van der Waals surface area (Å²) in [7, 11) is 0. The topological polar surface area (TPSA) is 78.9 Å². The molecule has 0 saturated carbocycles. The molecule has 0 aliphatic rings. The van der Waals surface area contributed by atoms with E-state index in [1.54, 1.807) is 0 Å². The molecule has 0 fully saturated rings. The van der Waals surface area contributed by atoms with Crippen LogP contribution in [0.3, 0.4) is 0 Å². The highest BCUT2D eigenvalue weighted by Gasteiger charge is 2.19. The minimum Gasteiger partial charge on any atom is -0.462 e. The molecule has 0 radical (unpaired) electrons. The molecule has 1 atom stereocenters. The van der Waals surface area contributed by atoms with Gasteiger partial charge in [0.15, 0.2) is 6.10 Å². The Morgan fingerprint density at radius 3 is 0.825 bits per heavy atom. The summed E-state index contributed by atoms with van der Waals surface area (Å²) in [5.74, 6) is -0.867. The Hall–Kier alpha value is -3.15. The lowest BCUT2D eigenvalue weighted by Gasteiger charge is -2.18. The molecule has 0 aromatic heterocycles. The molecular formula is C74H132O6. The quantitative estimate of drug-likeness (QED) is 0.0261. The Morgan fingerprint density at radius 1 is 0.263 bits per heavy atom. The maximum absolute atomic E-state index is 12.9. The zero-order valence-corrected chi connectivity index (χ0v) is 53.3. The van der Waals surface area contributed by atoms with Crippen LogP contribution in [0.25, 0.3) is 0 Å². The van der Waals surface area contributed by atoms with E-state index in [-0.39, 0.29) is 31.1 Å². The fourth-order valence-corrected chi connectivity index (χ4v) is 10.2. The van der Waals surface area contributed by atoms with Crippen LogP contribution in [0.5, 0.6) is 0 Å². The molecule has 0 saturated heterocycles. The molecule has 0 aromatic carbocycles. The minimum absolute atomic E-state index is 0.0746. The van der Waals surface area contributed by atoms with Gasteiger partial charge >= 0.3 is 17.9 Å². The lowest BCUT2D eigenvalue weighted by atomic mass is 10.0. The summed E-state index contributed by atoms with van der Waals surface area (Å²) in [6.45, 7) is 6.51. The molecule has 0 N–H and O–H groups in total. The third kappa shape index (κ3) is 65.7. The Morgan fingerprint density at radius 2 is 0.512 bits per heavy atom. The lowest BCUT2D eigenvalue weighted by molar-refractivity contribution is -0.167. The van der Waals surface area contributed by atoms with Crippen molar-refractivity contribution in [2.75, 3.05) is 13.2 Å². The first-order valence-corrected chi connectivity index (χ1v) is 34.9. The number of unbranched alkanes of at least 4 members (excludes halogenated alkanes) is 41. The van der Waals surface area contributed by atoms with E-state index in [9.17, 15) is 14.4 Å². The van der Waals surface area contributed by atoms with Crippen LogP contribution >= 0.6 is 0 Å². The standard InChI is InChI=1S/C74H132O6/c1-4-7-10-13-16-19-22-24-26-28-30-32-34-35-36-37-38-39-41-42-44-46-48-50-52-55-58-61-64-67-73(76)79-70-71(69-78-72(75)66-63-60-57-54-21-18-15-12-9-6-3)80-74(77)68-65-62-59-56-53-51-49-47-45-43-40-33-31-29-27-25-23-20-17-14-11-8-5-2/h7,10,12,15-16,19,24,26,29-32,71H,4-6,8-9,11,13-14,17-18,20-23,25,27-28,33-70H2,1-3H3/b10-7-,15-12-,19-16-,26-24-,31-29-,32-30-. The Kier molecular flexibility index (Phi) is 65.7. The summed E-state index contributed by atoms with van der Waals surface area (Å²) in [6, 6.07) is 0. The zero-order valence-electron chi connectivity index (χ0n) is 53.3. The smallest absolute Gasteiger partial charge is 0.306 e. The van der Waals surface area contributed by atoms with Gasteiger partial charge in [-0.15, -0.1) is 0 Å². The van der Waals surface area contributed by atoms with Crippen LogP contribution in [0, 0.1) is 0 Å². The van der Waals surface area contributed by atoms with Crippen LogP contribution < -0.4 is 0 Å². The van der Waals surface area contributed by atoms with Crippen molar-refractivity contribution < 1.29 is 28.6 Å². The number of hydrogen-bond acceptors (Lipinski definition) is 6. The highest BCUT2D eigenvalue weighted by atomic mass is 16.6. The number of carbonyl (C=O) groups is 3. The molecule has 0 bridgehead atoms. The zero-order chi connectivity index (χ0) is 57.8. The highest BCUT2D eigenvalue weighted by molar-refractivity contribution is 5.71. The summed E-state index contributed by atoms with van der Waals surface area (Å²) in [4.78, 5) is 38.3. The van der Waals surface area contributed by atoms with Gasteiger partial charge in [-0.25, -0.2) is 0 Å². The van der Waals surface area contributed by atoms with Gasteiger partial charge < -0.3 is 14.2 Å². The third-order valence-corrected chi connectivity index (χ3v) is 15.4. The third-order valence-electron chi connectivity index (χ3n) is 15.4. The van der Waals surface area contributed by atoms with Gasteiger partial charge in [0.2, 0.25) is 0 Å². The normalized spacial score (nSPS) is 12.5. The van der Waals surface area contributed by atoms with Gasteiger partial charge in [0.1, 0.15) is 13.2 Å². The predicted octanol–water partition coefficient (Wildman–Crippen LogP) is 24.1. The average molecular weight is 1120 g/mol. The molecule has 0 aromatic rings. The van der Waals surface area contributed by atoms with E-state index in [2.05, 4.69) is 93.7 Å². The van der Waals surface area contributed by atoms with Crippen molar-refractivity contribution in [1.29, 1.82) is 0 Å². The van der Waals surface area contributed by atoms with E-state index in [1.165, 1.54) is 225 Å². The first-order chi connectivity index (χ1) is 39.5. The van der Waals surface area contributed by atoms with Crippen LogP contribution in [0.1, 0.15) is 361 Å². The Labute approximate surface area is 497 Å². The molecule has 0 spiro atoms. The molecule has 464 valence electrons. The maximum atomic E-state index is 12.9. The summed E-state index contributed by atoms with van der Waals surface area (Å²) in [5, 5.41) is 0. The van der Waals surface area contributed by atoms with Crippen molar-refractivity contribution >= 4 is 17.9 Å². The lowest BCUT2D eigenvalue weighted by Crippen LogP contribution is -2.30. The molecular weight excluding hydrogens is 985 g/mol. The number of carbonyl (C=O) groups excluding carboxylic acids is 3. The second-order valence-corrected chi connectivity index (χ2v) is 23.4. The van der Waals surface area contributed by atoms with Gasteiger partial charge in [-0.1, -0.05) is 312 Å². The number of hydrogen-bond donors (Lipinski definition) is 0. The largest absolute Gasteiger partial charge is 0.462 e. The highest BCUT2D eigenvalue weighted by Crippen LogP contribution is 2.18. The summed E-state index contributed by atoms with van der Waals surface area (Å²) < 4.78 is 16.9. The molecule has 1 unspecified atom stereocenters. The second-order valence-electron chi connectivity index (χ2n) is 23.4. The monoisotopic (exact) mass is 1120 g/mol. The van der Waals surface area contributed by atoms with Crippen molar-refractivity contribution in [1.82, 2.24) is 0 Å². The van der Waals surface area contributed by atoms with Gasteiger partial charge in [0.25, 0.3) is 0 Å². The first-order valence-electron chi connectivity index (χ1n) is 34.9. The van der Waals surface area contributed by atoms with Gasteiger partial charge in [-0.05, 0) is 103 Å². The molecule has 0 aliphatic carbocycles. The van der Waals surface area contributed by atoms with Crippen molar-refractivity contribution in [3.05, 3.63) is 72.9 Å². The van der Waals surface area contributed by atoms with E-state index < -0.39 is 6.10 Å². The van der Waals surface area contributed by atoms with Gasteiger partial charge in [0, 0.05) is 19.3 Å². The van der Waals surface area contributed by atoms with E-state index in [0.29, 0.717) is 19.3 Å². The van der Waals surface area contributed by atoms with Crippen molar-refractivity contribution in [3.8, 4) is 0 Å². The Balaban J connectivity index is 4.15. The van der Waals surface area contributed by atoms with Gasteiger partial charge in [0.05, 0.1) is 0 Å². The summed E-state index contributed by atoms with van der Waals surface area (Å²) >= 11 is 0. The van der Waals surface area contributed by atoms with Crippen molar-refractivity contribution in [3.63, 3.8) is 0 Å². The molecule has 6 heteroatoms. The summed E-state index contributed by atoms with van der Waals surface area (Å²) in [6.07, 6.45) is 89.4. The maximum Gasteiger partial charge on any atom is 0.306 e. The van der Waals surface area contributed by atoms with Gasteiger partial charge in [-0.3, -0.25) is 14.4 Å². The molecule has 6 nitrogen and oxygen atoms in total. The Bertz CT molecular complexity index is 1470. The molecule has 80 heavy (non-hydrogen) atoms. The van der Waals surface area contributed by atoms with E-state index >= 15 is 0 Å². The number of esters is 3. The molecule has 0 rings (SSSR count). The number of allylic oxidation sites excluding steroid dienone is 12. The number of rotatable bonds is 64. The van der Waals surface area contributed by atoms with Crippen LogP contribution in [0.15, 0.2) is 72.9 Å². The molecule has 0 amide bonds. The fraction of sp³-hybridized carbons (Fsp3) is 0.797. The number of ether oxygens (including phenoxy) is 3. The minimum atomic E-state index is -0.778. The fourth-order valence-electron chi connectivity index (χ4n) is 10.2. The van der Waals surface area contributed by atoms with E-state index in [0.717, 1.165) is 96.3 Å². The van der Waals surface area contributed by atoms with Crippen LogP contribution in [-0.4, -0.2) is 37.2 Å². The van der Waals surface area contributed by atoms with Crippen molar-refractivity contribution in [2.45, 2.75) is 367 Å². The van der Waals surface area contributed by atoms with E-state index in [1.807, 2.05) is 0 Å². The second kappa shape index (κ2) is 68.3. The molecule has 0 aliphatic heterocycles. The first kappa shape index (κ1) is 76.9. The van der Waals surface area contributed by atoms with Crippen LogP contribution in [-0.2, 0) is 28.6 Å². The van der Waals surface area contributed by atoms with Crippen molar-refractivity contribution in [2.24, 2.45) is 0 Å². The van der Waals surface area contributed by atoms with Crippen LogP contribution in [0.4, 0.5) is 0 Å². The van der Waals surface area contributed by atoms with Gasteiger partial charge in [-0.2, -0.15) is 0 Å². The van der Waals surface area contributed by atoms with Crippen LogP contribution in [0.2, 0.25) is 0 Å². The molecule has 0 heterocycles.